The standard InChI is InChI=1S/C19H28N2O2/c1-14(8-10-22-2)21-9-4-5-16(21)11-15-13-20-19-7-6-17(23-3)12-18(15)19/h6-7,12-14,16,20H,4-5,8-11H2,1-3H3/t14-,16-/m1/s1. The Labute approximate surface area is 138 Å². The normalized spacial score (nSPS) is 20.2. The average Bonchev–Trinajstić information content (AvgIpc) is 3.20. The summed E-state index contributed by atoms with van der Waals surface area (Å²) >= 11 is 0. The molecule has 0 bridgehead atoms. The van der Waals surface area contributed by atoms with Gasteiger partial charge in [0.15, 0.2) is 0 Å². The molecule has 0 radical (unpaired) electrons. The van der Waals surface area contributed by atoms with Gasteiger partial charge >= 0.3 is 0 Å². The Bertz CT molecular complexity index is 637. The number of ether oxygens (including phenoxy) is 2. The van der Waals surface area contributed by atoms with Gasteiger partial charge in [0, 0.05) is 42.9 Å². The van der Waals surface area contributed by atoms with Crippen LogP contribution < -0.4 is 4.74 Å². The Kier molecular flexibility index (Phi) is 5.23. The van der Waals surface area contributed by atoms with E-state index in [-0.39, 0.29) is 0 Å². The topological polar surface area (TPSA) is 37.5 Å². The molecule has 1 aromatic carbocycles. The van der Waals surface area contributed by atoms with Crippen molar-refractivity contribution >= 4 is 10.9 Å². The van der Waals surface area contributed by atoms with Gasteiger partial charge in [-0.25, -0.2) is 0 Å². The minimum Gasteiger partial charge on any atom is -0.497 e. The molecule has 2 atom stereocenters. The van der Waals surface area contributed by atoms with Gasteiger partial charge in [-0.15, -0.1) is 0 Å². The van der Waals surface area contributed by atoms with Crippen molar-refractivity contribution in [1.82, 2.24) is 9.88 Å². The van der Waals surface area contributed by atoms with Crippen LogP contribution in [0, 0.1) is 0 Å². The predicted octanol–water partition coefficient (Wildman–Crippen LogP) is 3.61. The fraction of sp³-hybridized carbons (Fsp3) is 0.579. The minimum atomic E-state index is 0.585. The van der Waals surface area contributed by atoms with E-state index in [0.29, 0.717) is 12.1 Å². The molecular weight excluding hydrogens is 288 g/mol. The number of aromatic amines is 1. The Morgan fingerprint density at radius 2 is 2.22 bits per heavy atom. The molecule has 2 aromatic rings. The van der Waals surface area contributed by atoms with Gasteiger partial charge in [0.05, 0.1) is 7.11 Å². The van der Waals surface area contributed by atoms with Crippen LogP contribution in [0.5, 0.6) is 5.75 Å². The van der Waals surface area contributed by atoms with E-state index < -0.39 is 0 Å². The molecule has 1 aliphatic rings. The van der Waals surface area contributed by atoms with Crippen molar-refractivity contribution in [3.63, 3.8) is 0 Å². The van der Waals surface area contributed by atoms with Crippen LogP contribution in [0.15, 0.2) is 24.4 Å². The quantitative estimate of drug-likeness (QED) is 0.848. The number of aromatic nitrogens is 1. The summed E-state index contributed by atoms with van der Waals surface area (Å²) in [5, 5.41) is 1.29. The van der Waals surface area contributed by atoms with Crippen LogP contribution in [-0.4, -0.2) is 49.3 Å². The summed E-state index contributed by atoms with van der Waals surface area (Å²) in [6, 6.07) is 7.48. The first-order chi connectivity index (χ1) is 11.2. The van der Waals surface area contributed by atoms with Crippen molar-refractivity contribution in [3.05, 3.63) is 30.0 Å². The number of nitrogens with one attached hydrogen (secondary N) is 1. The third kappa shape index (κ3) is 3.54. The van der Waals surface area contributed by atoms with Gasteiger partial charge in [-0.1, -0.05) is 0 Å². The number of hydrogen-bond donors (Lipinski definition) is 1. The van der Waals surface area contributed by atoms with Gasteiger partial charge in [0.25, 0.3) is 0 Å². The molecule has 1 fully saturated rings. The van der Waals surface area contributed by atoms with Crippen molar-refractivity contribution in [3.8, 4) is 5.75 Å². The molecule has 126 valence electrons. The fourth-order valence-electron chi connectivity index (χ4n) is 3.82. The van der Waals surface area contributed by atoms with Crippen LogP contribution in [0.3, 0.4) is 0 Å². The zero-order valence-electron chi connectivity index (χ0n) is 14.5. The van der Waals surface area contributed by atoms with E-state index in [4.69, 9.17) is 9.47 Å². The minimum absolute atomic E-state index is 0.585. The van der Waals surface area contributed by atoms with Crippen LogP contribution in [0.1, 0.15) is 31.7 Å². The van der Waals surface area contributed by atoms with Gasteiger partial charge in [-0.3, -0.25) is 4.90 Å². The van der Waals surface area contributed by atoms with Gasteiger partial charge in [0.2, 0.25) is 0 Å². The van der Waals surface area contributed by atoms with E-state index in [2.05, 4.69) is 35.1 Å². The van der Waals surface area contributed by atoms with Crippen molar-refractivity contribution < 1.29 is 9.47 Å². The summed E-state index contributed by atoms with van der Waals surface area (Å²) in [4.78, 5) is 6.06. The first kappa shape index (κ1) is 16.3. The highest BCUT2D eigenvalue weighted by molar-refractivity contribution is 5.84. The molecule has 0 saturated carbocycles. The van der Waals surface area contributed by atoms with E-state index in [1.54, 1.807) is 14.2 Å². The second-order valence-corrected chi connectivity index (χ2v) is 6.59. The molecule has 4 nitrogen and oxygen atoms in total. The van der Waals surface area contributed by atoms with E-state index >= 15 is 0 Å². The first-order valence-electron chi connectivity index (χ1n) is 8.61. The number of hydrogen-bond acceptors (Lipinski definition) is 3. The molecule has 4 heteroatoms. The summed E-state index contributed by atoms with van der Waals surface area (Å²) in [5.41, 5.74) is 2.59. The van der Waals surface area contributed by atoms with Crippen molar-refractivity contribution in [2.75, 3.05) is 27.4 Å². The molecule has 2 heterocycles. The number of nitrogens with zero attached hydrogens (tertiary/aromatic N) is 1. The molecule has 1 aromatic heterocycles. The average molecular weight is 316 g/mol. The number of fused-ring (bicyclic) bond motifs is 1. The maximum absolute atomic E-state index is 5.38. The molecule has 1 aliphatic heterocycles. The lowest BCUT2D eigenvalue weighted by atomic mass is 10.0. The highest BCUT2D eigenvalue weighted by Gasteiger charge is 2.28. The molecule has 1 saturated heterocycles. The predicted molar refractivity (Wildman–Crippen MR) is 94.2 cm³/mol. The van der Waals surface area contributed by atoms with Crippen LogP contribution in [0.2, 0.25) is 0 Å². The summed E-state index contributed by atoms with van der Waals surface area (Å²) in [5.74, 6) is 0.926. The zero-order valence-corrected chi connectivity index (χ0v) is 14.5. The Morgan fingerprint density at radius 1 is 1.35 bits per heavy atom. The zero-order chi connectivity index (χ0) is 16.2. The summed E-state index contributed by atoms with van der Waals surface area (Å²) in [6.07, 6.45) is 6.96. The Hall–Kier alpha value is -1.52. The summed E-state index contributed by atoms with van der Waals surface area (Å²) in [7, 11) is 3.51. The first-order valence-corrected chi connectivity index (χ1v) is 8.61. The van der Waals surface area contributed by atoms with Gasteiger partial charge in [-0.2, -0.15) is 0 Å². The second kappa shape index (κ2) is 7.37. The van der Waals surface area contributed by atoms with Crippen LogP contribution >= 0.6 is 0 Å². The maximum Gasteiger partial charge on any atom is 0.119 e. The van der Waals surface area contributed by atoms with Crippen molar-refractivity contribution in [2.45, 2.75) is 44.7 Å². The van der Waals surface area contributed by atoms with Crippen LogP contribution in [0.4, 0.5) is 0 Å². The lowest BCUT2D eigenvalue weighted by molar-refractivity contribution is 0.130. The monoisotopic (exact) mass is 316 g/mol. The second-order valence-electron chi connectivity index (χ2n) is 6.59. The number of H-pyrrole nitrogens is 1. The highest BCUT2D eigenvalue weighted by Crippen LogP contribution is 2.29. The number of methoxy groups -OCH3 is 2. The highest BCUT2D eigenvalue weighted by atomic mass is 16.5. The van der Waals surface area contributed by atoms with Gasteiger partial charge in [-0.05, 0) is 62.9 Å². The maximum atomic E-state index is 5.38. The molecule has 0 amide bonds. The van der Waals surface area contributed by atoms with E-state index in [0.717, 1.165) is 25.2 Å². The Morgan fingerprint density at radius 3 is 3.00 bits per heavy atom. The van der Waals surface area contributed by atoms with Gasteiger partial charge < -0.3 is 14.5 Å². The van der Waals surface area contributed by atoms with E-state index in [9.17, 15) is 0 Å². The molecule has 0 unspecified atom stereocenters. The number of benzene rings is 1. The SMILES string of the molecule is COCC[C@@H](C)N1CCC[C@@H]1Cc1c[nH]c2ccc(OC)cc12. The Balaban J connectivity index is 1.75. The molecule has 0 spiro atoms. The van der Waals surface area contributed by atoms with E-state index in [1.807, 2.05) is 6.07 Å². The van der Waals surface area contributed by atoms with Crippen molar-refractivity contribution in [1.29, 1.82) is 0 Å². The smallest absolute Gasteiger partial charge is 0.119 e. The molecule has 1 N–H and O–H groups in total. The molecule has 0 aliphatic carbocycles. The van der Waals surface area contributed by atoms with Crippen molar-refractivity contribution in [2.24, 2.45) is 0 Å². The lowest BCUT2D eigenvalue weighted by Crippen LogP contribution is -2.39. The van der Waals surface area contributed by atoms with E-state index in [1.165, 1.54) is 35.9 Å². The summed E-state index contributed by atoms with van der Waals surface area (Å²) in [6.45, 7) is 4.38. The molecular formula is C19H28N2O2. The largest absolute Gasteiger partial charge is 0.497 e. The molecule has 3 rings (SSSR count). The third-order valence-corrected chi connectivity index (χ3v) is 5.16. The van der Waals surface area contributed by atoms with Crippen LogP contribution in [-0.2, 0) is 11.2 Å². The fourth-order valence-corrected chi connectivity index (χ4v) is 3.82. The summed E-state index contributed by atoms with van der Waals surface area (Å²) < 4.78 is 10.6. The lowest BCUT2D eigenvalue weighted by Gasteiger charge is -2.30. The number of rotatable bonds is 7. The molecule has 23 heavy (non-hydrogen) atoms. The van der Waals surface area contributed by atoms with Gasteiger partial charge in [0.1, 0.15) is 5.75 Å². The number of likely N-dealkylation sites (tertiary alicyclic amines) is 1. The van der Waals surface area contributed by atoms with Crippen LogP contribution in [0.25, 0.3) is 10.9 Å². The third-order valence-electron chi connectivity index (χ3n) is 5.16.